The van der Waals surface area contributed by atoms with Crippen molar-refractivity contribution in [2.24, 2.45) is 17.8 Å². The highest BCUT2D eigenvalue weighted by molar-refractivity contribution is 5.93. The van der Waals surface area contributed by atoms with Gasteiger partial charge in [0.2, 0.25) is 5.91 Å². The van der Waals surface area contributed by atoms with Gasteiger partial charge in [-0.2, -0.15) is 0 Å². The predicted molar refractivity (Wildman–Crippen MR) is 117 cm³/mol. The molecular weight excluding hydrogens is 388 g/mol. The van der Waals surface area contributed by atoms with Crippen LogP contribution in [0.3, 0.4) is 0 Å². The average Bonchev–Trinajstić information content (AvgIpc) is 3.42. The van der Waals surface area contributed by atoms with Crippen LogP contribution in [-0.4, -0.2) is 34.5 Å². The number of cyclic esters (lactones) is 1. The number of benzene rings is 1. The second kappa shape index (κ2) is 8.45. The van der Waals surface area contributed by atoms with Crippen molar-refractivity contribution in [3.05, 3.63) is 65.5 Å². The number of rotatable bonds is 5. The lowest BCUT2D eigenvalue weighted by Gasteiger charge is -2.22. The molecule has 2 aliphatic carbocycles. The molecule has 0 radical (unpaired) electrons. The minimum absolute atomic E-state index is 0.0605. The summed E-state index contributed by atoms with van der Waals surface area (Å²) in [5, 5.41) is 0. The molecule has 1 aromatic carbocycles. The third-order valence-corrected chi connectivity index (χ3v) is 7.51. The van der Waals surface area contributed by atoms with E-state index in [1.165, 1.54) is 23.3 Å². The van der Waals surface area contributed by atoms with Crippen LogP contribution in [0.15, 0.2) is 48.7 Å². The number of nitrogens with zero attached hydrogens (tertiary/aromatic N) is 2. The molecule has 5 nitrogen and oxygen atoms in total. The van der Waals surface area contributed by atoms with E-state index in [0.29, 0.717) is 43.1 Å². The zero-order chi connectivity index (χ0) is 21.4. The molecule has 3 aliphatic rings. The summed E-state index contributed by atoms with van der Waals surface area (Å²) in [6.45, 7) is 2.34. The molecule has 2 unspecified atom stereocenters. The van der Waals surface area contributed by atoms with Gasteiger partial charge in [0.05, 0.1) is 6.04 Å². The summed E-state index contributed by atoms with van der Waals surface area (Å²) in [7, 11) is 0. The van der Waals surface area contributed by atoms with Crippen molar-refractivity contribution in [3.63, 3.8) is 0 Å². The van der Waals surface area contributed by atoms with Crippen molar-refractivity contribution in [3.8, 4) is 0 Å². The van der Waals surface area contributed by atoms with Gasteiger partial charge in [-0.1, -0.05) is 30.3 Å². The minimum Gasteiger partial charge on any atom is -0.447 e. The first-order valence-corrected chi connectivity index (χ1v) is 11.5. The number of ether oxygens (including phenoxy) is 1. The molecule has 5 rings (SSSR count). The van der Waals surface area contributed by atoms with Crippen LogP contribution in [0, 0.1) is 24.7 Å². The molecule has 1 aliphatic heterocycles. The van der Waals surface area contributed by atoms with Gasteiger partial charge in [-0.3, -0.25) is 9.78 Å². The fourth-order valence-corrected chi connectivity index (χ4v) is 6.15. The van der Waals surface area contributed by atoms with E-state index in [2.05, 4.69) is 24.0 Å². The van der Waals surface area contributed by atoms with Gasteiger partial charge in [0, 0.05) is 18.3 Å². The van der Waals surface area contributed by atoms with Crippen LogP contribution in [0.2, 0.25) is 0 Å². The minimum atomic E-state index is -0.475. The summed E-state index contributed by atoms with van der Waals surface area (Å²) in [5.74, 6) is 2.34. The first kappa shape index (κ1) is 20.2. The second-order valence-electron chi connectivity index (χ2n) is 9.64. The Labute approximate surface area is 183 Å². The third kappa shape index (κ3) is 4.23. The number of hydrogen-bond donors (Lipinski definition) is 0. The van der Waals surface area contributed by atoms with Gasteiger partial charge in [-0.15, -0.1) is 0 Å². The Balaban J connectivity index is 1.18. The van der Waals surface area contributed by atoms with E-state index in [-0.39, 0.29) is 11.9 Å². The zero-order valence-corrected chi connectivity index (χ0v) is 18.1. The lowest BCUT2D eigenvalue weighted by Crippen LogP contribution is -2.40. The highest BCUT2D eigenvalue weighted by Gasteiger charge is 2.44. The summed E-state index contributed by atoms with van der Waals surface area (Å²) in [4.78, 5) is 31.1. The van der Waals surface area contributed by atoms with Crippen LogP contribution in [0.5, 0.6) is 0 Å². The number of fused-ring (bicyclic) bond motifs is 1. The van der Waals surface area contributed by atoms with Crippen molar-refractivity contribution in [2.75, 3.05) is 6.61 Å². The molecule has 2 amide bonds. The first-order valence-electron chi connectivity index (χ1n) is 11.5. The Morgan fingerprint density at radius 2 is 1.84 bits per heavy atom. The molecule has 162 valence electrons. The van der Waals surface area contributed by atoms with E-state index >= 15 is 0 Å². The Bertz CT molecular complexity index is 946. The number of carbonyl (C=O) groups excluding carboxylic acids is 2. The molecule has 3 fully saturated rings. The van der Waals surface area contributed by atoms with Gasteiger partial charge in [0.25, 0.3) is 0 Å². The molecule has 2 saturated carbocycles. The summed E-state index contributed by atoms with van der Waals surface area (Å²) >= 11 is 0. The fourth-order valence-electron chi connectivity index (χ4n) is 6.15. The Hall–Kier alpha value is -2.69. The van der Waals surface area contributed by atoms with E-state index in [4.69, 9.17) is 4.74 Å². The molecular formula is C26H30N2O3. The van der Waals surface area contributed by atoms with Gasteiger partial charge in [0.1, 0.15) is 6.61 Å². The summed E-state index contributed by atoms with van der Waals surface area (Å²) in [6.07, 6.45) is 7.18. The molecule has 0 N–H and O–H groups in total. The summed E-state index contributed by atoms with van der Waals surface area (Å²) in [6, 6.07) is 14.2. The Kier molecular flexibility index (Phi) is 5.51. The van der Waals surface area contributed by atoms with Crippen LogP contribution < -0.4 is 0 Å². The van der Waals surface area contributed by atoms with E-state index < -0.39 is 6.09 Å². The highest BCUT2D eigenvalue weighted by atomic mass is 16.6. The smallest absolute Gasteiger partial charge is 0.416 e. The number of carbonyl (C=O) groups is 2. The number of imide groups is 1. The second-order valence-corrected chi connectivity index (χ2v) is 9.64. The molecule has 5 heteroatoms. The maximum absolute atomic E-state index is 13.1. The van der Waals surface area contributed by atoms with Gasteiger partial charge in [0.15, 0.2) is 0 Å². The van der Waals surface area contributed by atoms with Crippen molar-refractivity contribution in [1.82, 2.24) is 9.88 Å². The van der Waals surface area contributed by atoms with Gasteiger partial charge < -0.3 is 4.74 Å². The normalized spacial score (nSPS) is 29.8. The van der Waals surface area contributed by atoms with E-state index in [0.717, 1.165) is 24.1 Å². The lowest BCUT2D eigenvalue weighted by molar-refractivity contribution is -0.130. The maximum Gasteiger partial charge on any atom is 0.416 e. The van der Waals surface area contributed by atoms with E-state index in [9.17, 15) is 9.59 Å². The topological polar surface area (TPSA) is 59.5 Å². The third-order valence-electron chi connectivity index (χ3n) is 7.51. The summed E-state index contributed by atoms with van der Waals surface area (Å²) in [5.41, 5.74) is 3.62. The molecule has 0 spiro atoms. The molecule has 1 saturated heterocycles. The molecule has 5 atom stereocenters. The van der Waals surface area contributed by atoms with Crippen LogP contribution in [-0.2, 0) is 16.0 Å². The number of aryl methyl sites for hydroxylation is 1. The van der Waals surface area contributed by atoms with Gasteiger partial charge >= 0.3 is 6.09 Å². The van der Waals surface area contributed by atoms with Crippen molar-refractivity contribution >= 4 is 12.0 Å². The number of hydrogen-bond acceptors (Lipinski definition) is 4. The average molecular weight is 419 g/mol. The fraction of sp³-hybridized carbons (Fsp3) is 0.500. The molecule has 31 heavy (non-hydrogen) atoms. The first-order chi connectivity index (χ1) is 15.1. The molecule has 1 aromatic heterocycles. The van der Waals surface area contributed by atoms with Crippen molar-refractivity contribution < 1.29 is 14.3 Å². The number of amides is 2. The Morgan fingerprint density at radius 3 is 2.55 bits per heavy atom. The van der Waals surface area contributed by atoms with Crippen LogP contribution in [0.1, 0.15) is 54.8 Å². The zero-order valence-electron chi connectivity index (χ0n) is 18.1. The van der Waals surface area contributed by atoms with Crippen molar-refractivity contribution in [2.45, 2.75) is 57.4 Å². The van der Waals surface area contributed by atoms with Crippen LogP contribution >= 0.6 is 0 Å². The summed E-state index contributed by atoms with van der Waals surface area (Å²) < 4.78 is 5.24. The largest absolute Gasteiger partial charge is 0.447 e. The molecule has 0 bridgehead atoms. The van der Waals surface area contributed by atoms with Crippen LogP contribution in [0.4, 0.5) is 4.79 Å². The van der Waals surface area contributed by atoms with Crippen LogP contribution in [0.25, 0.3) is 0 Å². The number of aromatic nitrogens is 1. The predicted octanol–water partition coefficient (Wildman–Crippen LogP) is 4.89. The lowest BCUT2D eigenvalue weighted by atomic mass is 9.91. The van der Waals surface area contributed by atoms with Crippen molar-refractivity contribution in [1.29, 1.82) is 0 Å². The maximum atomic E-state index is 13.1. The van der Waals surface area contributed by atoms with Gasteiger partial charge in [-0.05, 0) is 86.0 Å². The Morgan fingerprint density at radius 1 is 1.10 bits per heavy atom. The SMILES string of the molecule is Cc1cc(C2C[C@H]3CC(CC(=O)N4C(=O)OC[C@H]4Cc4ccccc4)C[C@H]3C2)ccn1. The van der Waals surface area contributed by atoms with Gasteiger partial charge in [-0.25, -0.2) is 9.69 Å². The van der Waals surface area contributed by atoms with E-state index in [1.54, 1.807) is 0 Å². The standard InChI is InChI=1S/C26H30N2O3/c1-17-9-20(7-8-27-17)23-14-21-10-19(11-22(21)15-23)13-25(29)28-24(16-31-26(28)30)12-18-5-3-2-4-6-18/h2-9,19,21-24H,10-16H2,1H3/t19?,21-,22+,23?,24-/m1/s1. The number of pyridine rings is 1. The monoisotopic (exact) mass is 418 g/mol. The quantitative estimate of drug-likeness (QED) is 0.694. The molecule has 2 heterocycles. The van der Waals surface area contributed by atoms with E-state index in [1.807, 2.05) is 36.5 Å². The highest BCUT2D eigenvalue weighted by Crippen LogP contribution is 2.53. The molecule has 2 aromatic rings.